The van der Waals surface area contributed by atoms with E-state index in [4.69, 9.17) is 0 Å². The lowest BCUT2D eigenvalue weighted by Gasteiger charge is -2.21. The molecule has 7 heteroatoms. The summed E-state index contributed by atoms with van der Waals surface area (Å²) in [4.78, 5) is 23.4. The molecule has 1 heterocycles. The van der Waals surface area contributed by atoms with E-state index in [1.807, 2.05) is 13.8 Å². The Morgan fingerprint density at radius 2 is 2.20 bits per heavy atom. The SMILES string of the molecule is CC(C)N1CC(Nc2ccc([N+](=O)[O-])cc2F)CC1=O. The van der Waals surface area contributed by atoms with E-state index < -0.39 is 10.7 Å². The van der Waals surface area contributed by atoms with Gasteiger partial charge in [-0.25, -0.2) is 4.39 Å². The van der Waals surface area contributed by atoms with Crippen molar-refractivity contribution in [1.29, 1.82) is 0 Å². The van der Waals surface area contributed by atoms with Crippen LogP contribution < -0.4 is 5.32 Å². The van der Waals surface area contributed by atoms with Crippen molar-refractivity contribution in [2.45, 2.75) is 32.4 Å². The maximum Gasteiger partial charge on any atom is 0.272 e. The van der Waals surface area contributed by atoms with Gasteiger partial charge in [0.25, 0.3) is 5.69 Å². The summed E-state index contributed by atoms with van der Waals surface area (Å²) in [6, 6.07) is 3.37. The highest BCUT2D eigenvalue weighted by molar-refractivity contribution is 5.80. The predicted molar refractivity (Wildman–Crippen MR) is 71.9 cm³/mol. The molecule has 0 saturated carbocycles. The summed E-state index contributed by atoms with van der Waals surface area (Å²) in [5, 5.41) is 13.5. The summed E-state index contributed by atoms with van der Waals surface area (Å²) in [6.45, 7) is 4.35. The molecular formula is C13H16FN3O3. The summed E-state index contributed by atoms with van der Waals surface area (Å²) in [5.41, 5.74) is -0.113. The van der Waals surface area contributed by atoms with E-state index in [-0.39, 0.29) is 29.4 Å². The van der Waals surface area contributed by atoms with Gasteiger partial charge in [-0.05, 0) is 19.9 Å². The molecule has 1 aliphatic rings. The van der Waals surface area contributed by atoms with Crippen molar-refractivity contribution in [3.8, 4) is 0 Å². The molecule has 0 bridgehead atoms. The van der Waals surface area contributed by atoms with E-state index in [1.165, 1.54) is 12.1 Å². The third-order valence-electron chi connectivity index (χ3n) is 3.30. The zero-order valence-corrected chi connectivity index (χ0v) is 11.3. The normalized spacial score (nSPS) is 18.7. The van der Waals surface area contributed by atoms with Crippen molar-refractivity contribution in [3.05, 3.63) is 34.1 Å². The van der Waals surface area contributed by atoms with Crippen LogP contribution in [0.15, 0.2) is 18.2 Å². The highest BCUT2D eigenvalue weighted by Crippen LogP contribution is 2.24. The molecule has 2 rings (SSSR count). The molecule has 1 amide bonds. The van der Waals surface area contributed by atoms with E-state index in [0.717, 1.165) is 6.07 Å². The van der Waals surface area contributed by atoms with Gasteiger partial charge in [-0.2, -0.15) is 0 Å². The maximum atomic E-state index is 13.8. The second kappa shape index (κ2) is 5.44. The number of benzene rings is 1. The summed E-state index contributed by atoms with van der Waals surface area (Å²) in [5.74, 6) is -0.658. The minimum atomic E-state index is -0.686. The molecular weight excluding hydrogens is 265 g/mol. The number of likely N-dealkylation sites (tertiary alicyclic amines) is 1. The Bertz CT molecular complexity index is 548. The average molecular weight is 281 g/mol. The van der Waals surface area contributed by atoms with Crippen LogP contribution in [-0.2, 0) is 4.79 Å². The standard InChI is InChI=1S/C13H16FN3O3/c1-8(2)16-7-9(5-13(16)18)15-12-4-3-10(17(19)20)6-11(12)14/h3-4,6,8-9,15H,5,7H2,1-2H3. The zero-order chi connectivity index (χ0) is 14.9. The van der Waals surface area contributed by atoms with E-state index in [9.17, 15) is 19.3 Å². The molecule has 1 aliphatic heterocycles. The summed E-state index contributed by atoms with van der Waals surface area (Å²) >= 11 is 0. The first-order valence-corrected chi connectivity index (χ1v) is 6.38. The van der Waals surface area contributed by atoms with Crippen LogP contribution in [0.3, 0.4) is 0 Å². The van der Waals surface area contributed by atoms with Crippen LogP contribution in [0.2, 0.25) is 0 Å². The van der Waals surface area contributed by atoms with Gasteiger partial charge in [-0.1, -0.05) is 0 Å². The molecule has 1 atom stereocenters. The molecule has 1 fully saturated rings. The molecule has 0 aliphatic carbocycles. The van der Waals surface area contributed by atoms with Crippen molar-refractivity contribution in [1.82, 2.24) is 4.90 Å². The zero-order valence-electron chi connectivity index (χ0n) is 11.3. The van der Waals surface area contributed by atoms with Gasteiger partial charge >= 0.3 is 0 Å². The fourth-order valence-electron chi connectivity index (χ4n) is 2.28. The number of rotatable bonds is 4. The molecule has 108 valence electrons. The smallest absolute Gasteiger partial charge is 0.272 e. The monoisotopic (exact) mass is 281 g/mol. The number of nitrogens with zero attached hydrogens (tertiary/aromatic N) is 2. The van der Waals surface area contributed by atoms with Crippen LogP contribution in [0.25, 0.3) is 0 Å². The van der Waals surface area contributed by atoms with Gasteiger partial charge in [0.2, 0.25) is 5.91 Å². The molecule has 1 N–H and O–H groups in total. The number of carbonyl (C=O) groups is 1. The summed E-state index contributed by atoms with van der Waals surface area (Å²) < 4.78 is 13.8. The fourth-order valence-corrected chi connectivity index (χ4v) is 2.28. The number of carbonyl (C=O) groups excluding carboxylic acids is 1. The highest BCUT2D eigenvalue weighted by Gasteiger charge is 2.31. The van der Waals surface area contributed by atoms with Gasteiger partial charge < -0.3 is 10.2 Å². The van der Waals surface area contributed by atoms with Crippen molar-refractivity contribution in [2.24, 2.45) is 0 Å². The number of nitro groups is 1. The van der Waals surface area contributed by atoms with Gasteiger partial charge in [0.05, 0.1) is 22.7 Å². The third-order valence-corrected chi connectivity index (χ3v) is 3.30. The number of hydrogen-bond donors (Lipinski definition) is 1. The van der Waals surface area contributed by atoms with Crippen LogP contribution >= 0.6 is 0 Å². The van der Waals surface area contributed by atoms with E-state index >= 15 is 0 Å². The molecule has 6 nitrogen and oxygen atoms in total. The lowest BCUT2D eigenvalue weighted by Crippen LogP contribution is -2.33. The minimum Gasteiger partial charge on any atom is -0.378 e. The molecule has 1 aromatic rings. The third kappa shape index (κ3) is 2.87. The number of halogens is 1. The molecule has 1 aromatic carbocycles. The largest absolute Gasteiger partial charge is 0.378 e. The van der Waals surface area contributed by atoms with Crippen molar-refractivity contribution in [3.63, 3.8) is 0 Å². The molecule has 20 heavy (non-hydrogen) atoms. The Morgan fingerprint density at radius 1 is 1.50 bits per heavy atom. The maximum absolute atomic E-state index is 13.8. The molecule has 0 spiro atoms. The number of hydrogen-bond acceptors (Lipinski definition) is 4. The second-order valence-corrected chi connectivity index (χ2v) is 5.11. The lowest BCUT2D eigenvalue weighted by molar-refractivity contribution is -0.385. The molecule has 0 radical (unpaired) electrons. The van der Waals surface area contributed by atoms with Crippen LogP contribution in [0.1, 0.15) is 20.3 Å². The summed E-state index contributed by atoms with van der Waals surface area (Å²) in [7, 11) is 0. The quantitative estimate of drug-likeness (QED) is 0.677. The first-order valence-electron chi connectivity index (χ1n) is 6.38. The Balaban J connectivity index is 2.08. The first-order chi connectivity index (χ1) is 9.38. The topological polar surface area (TPSA) is 75.5 Å². The average Bonchev–Trinajstić information content (AvgIpc) is 2.73. The first kappa shape index (κ1) is 14.2. The van der Waals surface area contributed by atoms with Crippen molar-refractivity contribution >= 4 is 17.3 Å². The number of amides is 1. The van der Waals surface area contributed by atoms with Crippen LogP contribution in [0, 0.1) is 15.9 Å². The highest BCUT2D eigenvalue weighted by atomic mass is 19.1. The van der Waals surface area contributed by atoms with Crippen molar-refractivity contribution in [2.75, 3.05) is 11.9 Å². The van der Waals surface area contributed by atoms with E-state index in [2.05, 4.69) is 5.32 Å². The number of nitrogens with one attached hydrogen (secondary N) is 1. The van der Waals surface area contributed by atoms with Gasteiger partial charge in [-0.15, -0.1) is 0 Å². The van der Waals surface area contributed by atoms with E-state index in [1.54, 1.807) is 4.90 Å². The van der Waals surface area contributed by atoms with Gasteiger partial charge in [0, 0.05) is 25.1 Å². The lowest BCUT2D eigenvalue weighted by atomic mass is 10.2. The number of anilines is 1. The Morgan fingerprint density at radius 3 is 2.70 bits per heavy atom. The fraction of sp³-hybridized carbons (Fsp3) is 0.462. The van der Waals surface area contributed by atoms with Crippen LogP contribution in [0.4, 0.5) is 15.8 Å². The van der Waals surface area contributed by atoms with E-state index in [0.29, 0.717) is 13.0 Å². The number of nitro benzene ring substituents is 1. The van der Waals surface area contributed by atoms with Crippen LogP contribution in [0.5, 0.6) is 0 Å². The van der Waals surface area contributed by atoms with Crippen LogP contribution in [-0.4, -0.2) is 34.4 Å². The second-order valence-electron chi connectivity index (χ2n) is 5.11. The Hall–Kier alpha value is -2.18. The Labute approximate surface area is 115 Å². The minimum absolute atomic E-state index is 0.0276. The summed E-state index contributed by atoms with van der Waals surface area (Å²) in [6.07, 6.45) is 0.300. The molecule has 1 unspecified atom stereocenters. The Kier molecular flexibility index (Phi) is 3.87. The van der Waals surface area contributed by atoms with Gasteiger partial charge in [-0.3, -0.25) is 14.9 Å². The molecule has 0 aromatic heterocycles. The van der Waals surface area contributed by atoms with Crippen molar-refractivity contribution < 1.29 is 14.1 Å². The van der Waals surface area contributed by atoms with Gasteiger partial charge in [0.15, 0.2) is 5.82 Å². The van der Waals surface area contributed by atoms with Gasteiger partial charge in [0.1, 0.15) is 0 Å². The molecule has 1 saturated heterocycles. The number of non-ortho nitro benzene ring substituents is 1. The predicted octanol–water partition coefficient (Wildman–Crippen LogP) is 2.16.